The largest absolute Gasteiger partial charge is 0.493 e. The number of methoxy groups -OCH3 is 1. The molecule has 2 aromatic rings. The Morgan fingerprint density at radius 2 is 2.10 bits per heavy atom. The first kappa shape index (κ1) is 15.6. The van der Waals surface area contributed by atoms with E-state index in [-0.39, 0.29) is 6.04 Å². The van der Waals surface area contributed by atoms with Crippen LogP contribution in [0.2, 0.25) is 5.02 Å². The van der Waals surface area contributed by atoms with Gasteiger partial charge in [-0.3, -0.25) is 4.68 Å². The van der Waals surface area contributed by atoms with Gasteiger partial charge in [-0.25, -0.2) is 0 Å². The second-order valence-electron chi connectivity index (χ2n) is 4.70. The molecular formula is C14H16ClIN2O2. The highest BCUT2D eigenvalue weighted by atomic mass is 127. The Hall–Kier alpha value is -0.790. The number of aromatic nitrogens is 2. The van der Waals surface area contributed by atoms with Crippen LogP contribution >= 0.6 is 34.2 Å². The molecule has 0 aliphatic carbocycles. The van der Waals surface area contributed by atoms with Crippen molar-refractivity contribution in [2.45, 2.75) is 26.0 Å². The van der Waals surface area contributed by atoms with Gasteiger partial charge in [0.05, 0.1) is 13.3 Å². The van der Waals surface area contributed by atoms with E-state index in [9.17, 15) is 5.11 Å². The van der Waals surface area contributed by atoms with Crippen molar-refractivity contribution >= 4 is 34.2 Å². The number of benzene rings is 1. The summed E-state index contributed by atoms with van der Waals surface area (Å²) in [6.45, 7) is 4.01. The minimum Gasteiger partial charge on any atom is -0.493 e. The first-order valence-electron chi connectivity index (χ1n) is 6.20. The highest BCUT2D eigenvalue weighted by Gasteiger charge is 2.24. The van der Waals surface area contributed by atoms with Gasteiger partial charge < -0.3 is 9.84 Å². The van der Waals surface area contributed by atoms with Crippen molar-refractivity contribution in [3.63, 3.8) is 0 Å². The smallest absolute Gasteiger partial charge is 0.163 e. The number of hydrogen-bond donors (Lipinski definition) is 1. The molecule has 0 amide bonds. The van der Waals surface area contributed by atoms with Gasteiger partial charge in [0, 0.05) is 20.2 Å². The van der Waals surface area contributed by atoms with E-state index in [2.05, 4.69) is 27.7 Å². The van der Waals surface area contributed by atoms with Crippen LogP contribution in [0.3, 0.4) is 0 Å². The summed E-state index contributed by atoms with van der Waals surface area (Å²) in [5, 5.41) is 15.6. The zero-order valence-electron chi connectivity index (χ0n) is 11.5. The average Bonchev–Trinajstić information content (AvgIpc) is 2.84. The van der Waals surface area contributed by atoms with E-state index in [0.29, 0.717) is 16.5 Å². The standard InChI is InChI=1S/C14H16ClIN2O2/c1-8(2)18-13(12(20-3)7-17-18)14(19)10-6-9(15)4-5-11(10)16/h4-8,14,19H,1-3H3. The van der Waals surface area contributed by atoms with Crippen LogP contribution in [-0.2, 0) is 0 Å². The number of rotatable bonds is 4. The van der Waals surface area contributed by atoms with Gasteiger partial charge in [0.25, 0.3) is 0 Å². The fourth-order valence-electron chi connectivity index (χ4n) is 2.06. The van der Waals surface area contributed by atoms with Crippen molar-refractivity contribution < 1.29 is 9.84 Å². The molecule has 0 spiro atoms. The molecule has 0 saturated heterocycles. The number of ether oxygens (including phenoxy) is 1. The van der Waals surface area contributed by atoms with Gasteiger partial charge in [-0.1, -0.05) is 11.6 Å². The summed E-state index contributed by atoms with van der Waals surface area (Å²) in [7, 11) is 1.57. The molecular weight excluding hydrogens is 391 g/mol. The lowest BCUT2D eigenvalue weighted by atomic mass is 10.1. The van der Waals surface area contributed by atoms with Crippen molar-refractivity contribution in [1.82, 2.24) is 9.78 Å². The van der Waals surface area contributed by atoms with Crippen LogP contribution in [0.4, 0.5) is 0 Å². The summed E-state index contributed by atoms with van der Waals surface area (Å²) in [6, 6.07) is 5.58. The Kier molecular flexibility index (Phi) is 4.93. The van der Waals surface area contributed by atoms with Gasteiger partial charge in [-0.2, -0.15) is 5.10 Å². The summed E-state index contributed by atoms with van der Waals surface area (Å²) in [5.41, 5.74) is 1.39. The predicted octanol–water partition coefficient (Wildman–Crippen LogP) is 3.81. The van der Waals surface area contributed by atoms with E-state index in [1.54, 1.807) is 30.1 Å². The summed E-state index contributed by atoms with van der Waals surface area (Å²) in [5.74, 6) is 0.571. The third-order valence-electron chi connectivity index (χ3n) is 3.02. The molecule has 0 fully saturated rings. The molecule has 4 nitrogen and oxygen atoms in total. The van der Waals surface area contributed by atoms with Gasteiger partial charge >= 0.3 is 0 Å². The minimum atomic E-state index is -0.833. The summed E-state index contributed by atoms with van der Waals surface area (Å²) in [4.78, 5) is 0. The van der Waals surface area contributed by atoms with Crippen molar-refractivity contribution in [2.24, 2.45) is 0 Å². The molecule has 2 rings (SSSR count). The second kappa shape index (κ2) is 6.32. The zero-order chi connectivity index (χ0) is 14.9. The van der Waals surface area contributed by atoms with Crippen molar-refractivity contribution in [2.75, 3.05) is 7.11 Å². The van der Waals surface area contributed by atoms with Gasteiger partial charge in [-0.05, 0) is 54.6 Å². The quantitative estimate of drug-likeness (QED) is 0.786. The summed E-state index contributed by atoms with van der Waals surface area (Å²) in [6.07, 6.45) is 0.788. The Morgan fingerprint density at radius 3 is 2.70 bits per heavy atom. The summed E-state index contributed by atoms with van der Waals surface area (Å²) < 4.78 is 8.02. The van der Waals surface area contributed by atoms with Gasteiger partial charge in [0.2, 0.25) is 0 Å². The zero-order valence-corrected chi connectivity index (χ0v) is 14.4. The SMILES string of the molecule is COc1cnn(C(C)C)c1C(O)c1cc(Cl)ccc1I. The van der Waals surface area contributed by atoms with E-state index in [1.165, 1.54) is 0 Å². The molecule has 1 heterocycles. The topological polar surface area (TPSA) is 47.3 Å². The van der Waals surface area contributed by atoms with E-state index in [4.69, 9.17) is 16.3 Å². The normalized spacial score (nSPS) is 12.8. The minimum absolute atomic E-state index is 0.125. The Bertz CT molecular complexity index is 613. The lowest BCUT2D eigenvalue weighted by Crippen LogP contribution is -2.13. The van der Waals surface area contributed by atoms with Crippen LogP contribution in [0.15, 0.2) is 24.4 Å². The number of nitrogens with zero attached hydrogens (tertiary/aromatic N) is 2. The van der Waals surface area contributed by atoms with Crippen LogP contribution in [0, 0.1) is 3.57 Å². The Labute approximate surface area is 136 Å². The monoisotopic (exact) mass is 406 g/mol. The van der Waals surface area contributed by atoms with Crippen molar-refractivity contribution in [3.05, 3.63) is 44.2 Å². The molecule has 0 radical (unpaired) electrons. The van der Waals surface area contributed by atoms with E-state index >= 15 is 0 Å². The molecule has 1 N–H and O–H groups in total. The maximum atomic E-state index is 10.7. The molecule has 0 saturated carbocycles. The fraction of sp³-hybridized carbons (Fsp3) is 0.357. The first-order chi connectivity index (χ1) is 9.45. The second-order valence-corrected chi connectivity index (χ2v) is 6.30. The highest BCUT2D eigenvalue weighted by molar-refractivity contribution is 14.1. The summed E-state index contributed by atoms with van der Waals surface area (Å²) >= 11 is 8.21. The predicted molar refractivity (Wildman–Crippen MR) is 87.4 cm³/mol. The number of halogens is 2. The number of aliphatic hydroxyl groups excluding tert-OH is 1. The van der Waals surface area contributed by atoms with E-state index in [1.807, 2.05) is 19.9 Å². The maximum Gasteiger partial charge on any atom is 0.163 e. The van der Waals surface area contributed by atoms with Crippen LogP contribution in [0.5, 0.6) is 5.75 Å². The van der Waals surface area contributed by atoms with Crippen LogP contribution < -0.4 is 4.74 Å². The molecule has 0 bridgehead atoms. The van der Waals surface area contributed by atoms with Gasteiger partial charge in [0.1, 0.15) is 11.8 Å². The van der Waals surface area contributed by atoms with Crippen LogP contribution in [0.1, 0.15) is 37.3 Å². The molecule has 6 heteroatoms. The molecule has 1 unspecified atom stereocenters. The lowest BCUT2D eigenvalue weighted by molar-refractivity contribution is 0.199. The maximum absolute atomic E-state index is 10.7. The molecule has 108 valence electrons. The first-order valence-corrected chi connectivity index (χ1v) is 7.65. The molecule has 0 aliphatic rings. The van der Waals surface area contributed by atoms with E-state index < -0.39 is 6.10 Å². The molecule has 1 aromatic heterocycles. The van der Waals surface area contributed by atoms with Crippen molar-refractivity contribution in [3.8, 4) is 5.75 Å². The van der Waals surface area contributed by atoms with Gasteiger partial charge in [-0.15, -0.1) is 0 Å². The lowest BCUT2D eigenvalue weighted by Gasteiger charge is -2.18. The van der Waals surface area contributed by atoms with E-state index in [0.717, 1.165) is 9.13 Å². The molecule has 20 heavy (non-hydrogen) atoms. The number of aliphatic hydroxyl groups is 1. The van der Waals surface area contributed by atoms with Crippen molar-refractivity contribution in [1.29, 1.82) is 0 Å². The fourth-order valence-corrected chi connectivity index (χ4v) is 2.87. The van der Waals surface area contributed by atoms with Crippen LogP contribution in [0.25, 0.3) is 0 Å². The highest BCUT2D eigenvalue weighted by Crippen LogP contribution is 2.34. The molecule has 0 aliphatic heterocycles. The van der Waals surface area contributed by atoms with Gasteiger partial charge in [0.15, 0.2) is 5.75 Å². The Balaban J connectivity index is 2.55. The molecule has 1 aromatic carbocycles. The Morgan fingerprint density at radius 1 is 1.40 bits per heavy atom. The van der Waals surface area contributed by atoms with Crippen LogP contribution in [-0.4, -0.2) is 22.0 Å². The average molecular weight is 407 g/mol. The third kappa shape index (κ3) is 2.94. The number of hydrogen-bond acceptors (Lipinski definition) is 3. The third-order valence-corrected chi connectivity index (χ3v) is 4.24. The molecule has 1 atom stereocenters.